The average Bonchev–Trinajstić information content (AvgIpc) is 2.90. The first kappa shape index (κ1) is 25.5. The normalized spacial score (nSPS) is 17.9. The van der Waals surface area contributed by atoms with Crippen LogP contribution in [0.2, 0.25) is 0 Å². The molecule has 1 fully saturated rings. The molecule has 36 heavy (non-hydrogen) atoms. The Kier molecular flexibility index (Phi) is 8.06. The average molecular weight is 486 g/mol. The van der Waals surface area contributed by atoms with Gasteiger partial charge < -0.3 is 10.0 Å². The van der Waals surface area contributed by atoms with E-state index >= 15 is 0 Å². The molecule has 188 valence electrons. The highest BCUT2D eigenvalue weighted by atomic mass is 16.4. The molecule has 1 atom stereocenters. The number of rotatable bonds is 8. The van der Waals surface area contributed by atoms with Crippen LogP contribution >= 0.6 is 0 Å². The number of benzene rings is 3. The Hall–Kier alpha value is -3.64. The minimum absolute atomic E-state index is 0.0441. The van der Waals surface area contributed by atoms with Crippen molar-refractivity contribution >= 4 is 17.7 Å². The van der Waals surface area contributed by atoms with E-state index in [1.807, 2.05) is 49.1 Å². The zero-order valence-corrected chi connectivity index (χ0v) is 21.1. The number of nitrogens with zero attached hydrogens (tertiary/aromatic N) is 2. The van der Waals surface area contributed by atoms with Crippen LogP contribution < -0.4 is 5.32 Å². The number of carboxylic acid groups (broad SMARTS) is 1. The Morgan fingerprint density at radius 3 is 2.33 bits per heavy atom. The molecule has 1 aliphatic rings. The Labute approximate surface area is 213 Å². The molecule has 1 unspecified atom stereocenters. The third-order valence-electron chi connectivity index (χ3n) is 7.22. The lowest BCUT2D eigenvalue weighted by Gasteiger charge is -2.44. The summed E-state index contributed by atoms with van der Waals surface area (Å²) < 4.78 is 0. The highest BCUT2D eigenvalue weighted by Crippen LogP contribution is 2.41. The van der Waals surface area contributed by atoms with Gasteiger partial charge in [0.1, 0.15) is 0 Å². The first-order valence-electron chi connectivity index (χ1n) is 12.7. The molecule has 0 spiro atoms. The van der Waals surface area contributed by atoms with E-state index in [2.05, 4.69) is 52.7 Å². The van der Waals surface area contributed by atoms with Crippen LogP contribution in [0.25, 0.3) is 0 Å². The molecule has 1 aliphatic heterocycles. The molecule has 0 saturated carbocycles. The molecule has 4 rings (SSSR count). The van der Waals surface area contributed by atoms with E-state index in [-0.39, 0.29) is 11.3 Å². The third kappa shape index (κ3) is 5.60. The number of nitrogens with one attached hydrogen (secondary N) is 1. The second-order valence-electron chi connectivity index (χ2n) is 9.45. The van der Waals surface area contributed by atoms with Crippen LogP contribution in [0.5, 0.6) is 0 Å². The molecule has 3 aromatic rings. The van der Waals surface area contributed by atoms with E-state index in [4.69, 9.17) is 0 Å². The second kappa shape index (κ2) is 11.4. The highest BCUT2D eigenvalue weighted by molar-refractivity contribution is 5.94. The predicted molar refractivity (Wildman–Crippen MR) is 144 cm³/mol. The summed E-state index contributed by atoms with van der Waals surface area (Å²) in [4.78, 5) is 28.5. The van der Waals surface area contributed by atoms with E-state index in [0.29, 0.717) is 24.3 Å². The Balaban J connectivity index is 1.72. The number of carbonyl (C=O) groups is 2. The van der Waals surface area contributed by atoms with Crippen LogP contribution in [0.1, 0.15) is 53.7 Å². The van der Waals surface area contributed by atoms with Crippen LogP contribution in [0.4, 0.5) is 10.5 Å². The number of carbonyl (C=O) groups excluding carboxylic acids is 1. The van der Waals surface area contributed by atoms with Crippen molar-refractivity contribution in [2.24, 2.45) is 0 Å². The van der Waals surface area contributed by atoms with Crippen LogP contribution in [-0.4, -0.2) is 53.1 Å². The number of hydrogen-bond acceptors (Lipinski definition) is 3. The van der Waals surface area contributed by atoms with Crippen LogP contribution in [-0.2, 0) is 12.0 Å². The Morgan fingerprint density at radius 2 is 1.67 bits per heavy atom. The third-order valence-corrected chi connectivity index (χ3v) is 7.22. The van der Waals surface area contributed by atoms with Crippen LogP contribution in [0, 0.1) is 0 Å². The van der Waals surface area contributed by atoms with Gasteiger partial charge in [0.05, 0.1) is 0 Å². The maximum absolute atomic E-state index is 12.9. The summed E-state index contributed by atoms with van der Waals surface area (Å²) >= 11 is 0. The smallest absolute Gasteiger partial charge is 0.409 e. The minimum Gasteiger partial charge on any atom is -0.465 e. The summed E-state index contributed by atoms with van der Waals surface area (Å²) in [6.45, 7) is 8.01. The molecular formula is C30H35N3O3. The van der Waals surface area contributed by atoms with Crippen molar-refractivity contribution in [3.63, 3.8) is 0 Å². The maximum atomic E-state index is 12.9. The van der Waals surface area contributed by atoms with Gasteiger partial charge in [-0.25, -0.2) is 4.79 Å². The van der Waals surface area contributed by atoms with Crippen LogP contribution in [0.3, 0.4) is 0 Å². The van der Waals surface area contributed by atoms with Gasteiger partial charge in [-0.05, 0) is 74.2 Å². The summed E-state index contributed by atoms with van der Waals surface area (Å²) in [7, 11) is 0. The van der Waals surface area contributed by atoms with Crippen molar-refractivity contribution in [2.45, 2.75) is 38.6 Å². The quantitative estimate of drug-likeness (QED) is 0.420. The van der Waals surface area contributed by atoms with E-state index in [1.165, 1.54) is 5.56 Å². The summed E-state index contributed by atoms with van der Waals surface area (Å²) in [6, 6.07) is 26.3. The van der Waals surface area contributed by atoms with Crippen LogP contribution in [0.15, 0.2) is 78.9 Å². The van der Waals surface area contributed by atoms with Crippen molar-refractivity contribution in [2.75, 3.05) is 31.5 Å². The molecule has 6 heteroatoms. The summed E-state index contributed by atoms with van der Waals surface area (Å²) in [6.07, 6.45) is 0.886. The first-order chi connectivity index (χ1) is 17.4. The van der Waals surface area contributed by atoms with Crippen molar-refractivity contribution in [3.8, 4) is 0 Å². The number of hydrogen-bond donors (Lipinski definition) is 2. The SMILES string of the molecule is CCN(CC)C(=O)c1ccc(C2(c3cccc(NC(=O)O)c3)CCCN(Cc3ccccc3)C2)cc1. The maximum Gasteiger partial charge on any atom is 0.409 e. The van der Waals surface area contributed by atoms with Gasteiger partial charge in [0.15, 0.2) is 0 Å². The lowest BCUT2D eigenvalue weighted by atomic mass is 9.69. The van der Waals surface area contributed by atoms with E-state index in [0.717, 1.165) is 43.6 Å². The van der Waals surface area contributed by atoms with Gasteiger partial charge in [-0.1, -0.05) is 54.6 Å². The molecule has 2 N–H and O–H groups in total. The van der Waals surface area contributed by atoms with Crippen molar-refractivity contribution in [3.05, 3.63) is 101 Å². The zero-order valence-electron chi connectivity index (χ0n) is 21.1. The van der Waals surface area contributed by atoms with Gasteiger partial charge in [-0.3, -0.25) is 15.0 Å². The summed E-state index contributed by atoms with van der Waals surface area (Å²) in [5.74, 6) is 0.0441. The fourth-order valence-electron chi connectivity index (χ4n) is 5.40. The minimum atomic E-state index is -1.07. The number of amides is 2. The lowest BCUT2D eigenvalue weighted by Crippen LogP contribution is -2.46. The van der Waals surface area contributed by atoms with Crippen molar-refractivity contribution in [1.82, 2.24) is 9.80 Å². The van der Waals surface area contributed by atoms with Gasteiger partial charge in [0.25, 0.3) is 5.91 Å². The second-order valence-corrected chi connectivity index (χ2v) is 9.45. The standard InChI is InChI=1S/C30H35N3O3/c1-3-33(4-2)28(34)24-14-16-25(17-15-24)30(26-12-8-13-27(20-26)31-29(35)36)18-9-19-32(22-30)21-23-10-6-5-7-11-23/h5-8,10-17,20,31H,3-4,9,18-19,21-22H2,1-2H3,(H,35,36). The largest absolute Gasteiger partial charge is 0.465 e. The molecule has 0 aromatic heterocycles. The van der Waals surface area contributed by atoms with Gasteiger partial charge >= 0.3 is 6.09 Å². The lowest BCUT2D eigenvalue weighted by molar-refractivity contribution is 0.0773. The van der Waals surface area contributed by atoms with Gasteiger partial charge in [-0.15, -0.1) is 0 Å². The molecule has 2 amide bonds. The zero-order chi connectivity index (χ0) is 25.5. The monoisotopic (exact) mass is 485 g/mol. The highest BCUT2D eigenvalue weighted by Gasteiger charge is 2.39. The molecule has 1 heterocycles. The molecule has 1 saturated heterocycles. The number of likely N-dealkylation sites (tertiary alicyclic amines) is 1. The molecule has 0 bridgehead atoms. The molecule has 6 nitrogen and oxygen atoms in total. The molecule has 3 aromatic carbocycles. The van der Waals surface area contributed by atoms with Gasteiger partial charge in [0.2, 0.25) is 0 Å². The predicted octanol–water partition coefficient (Wildman–Crippen LogP) is 5.84. The fraction of sp³-hybridized carbons (Fsp3) is 0.333. The number of piperidine rings is 1. The number of anilines is 1. The van der Waals surface area contributed by atoms with Gasteiger partial charge in [-0.2, -0.15) is 0 Å². The molecular weight excluding hydrogens is 450 g/mol. The topological polar surface area (TPSA) is 72.9 Å². The first-order valence-corrected chi connectivity index (χ1v) is 12.7. The summed E-state index contributed by atoms with van der Waals surface area (Å²) in [5.41, 5.74) is 4.43. The Bertz CT molecular complexity index is 1180. The molecule has 0 radical (unpaired) electrons. The van der Waals surface area contributed by atoms with Crippen molar-refractivity contribution in [1.29, 1.82) is 0 Å². The van der Waals surface area contributed by atoms with Crippen molar-refractivity contribution < 1.29 is 14.7 Å². The summed E-state index contributed by atoms with van der Waals surface area (Å²) in [5, 5.41) is 11.8. The van der Waals surface area contributed by atoms with Gasteiger partial charge in [0, 0.05) is 42.8 Å². The van der Waals surface area contributed by atoms with E-state index < -0.39 is 6.09 Å². The Morgan fingerprint density at radius 1 is 0.944 bits per heavy atom. The van der Waals surface area contributed by atoms with E-state index in [9.17, 15) is 14.7 Å². The molecule has 0 aliphatic carbocycles. The van der Waals surface area contributed by atoms with E-state index in [1.54, 1.807) is 6.07 Å². The fourth-order valence-corrected chi connectivity index (χ4v) is 5.40.